The van der Waals surface area contributed by atoms with Crippen LogP contribution in [0.5, 0.6) is 0 Å². The van der Waals surface area contributed by atoms with E-state index in [9.17, 15) is 9.59 Å². The van der Waals surface area contributed by atoms with Gasteiger partial charge in [0.05, 0.1) is 18.5 Å². The molecule has 0 fully saturated rings. The minimum Gasteiger partial charge on any atom is -0.463 e. The fourth-order valence-electron chi connectivity index (χ4n) is 3.04. The van der Waals surface area contributed by atoms with Crippen LogP contribution in [0.3, 0.4) is 0 Å². The number of amides is 2. The molecule has 0 saturated carbocycles. The Morgan fingerprint density at radius 3 is 2.52 bits per heavy atom. The van der Waals surface area contributed by atoms with Gasteiger partial charge in [0.25, 0.3) is 5.91 Å². The van der Waals surface area contributed by atoms with Crippen LogP contribution in [-0.4, -0.2) is 58.1 Å². The van der Waals surface area contributed by atoms with Gasteiger partial charge in [-0.25, -0.2) is 4.68 Å². The number of hydrogen-bond acceptors (Lipinski definition) is 4. The molecular weight excluding hydrogens is 392 g/mol. The van der Waals surface area contributed by atoms with E-state index in [0.29, 0.717) is 35.3 Å². The van der Waals surface area contributed by atoms with E-state index in [-0.39, 0.29) is 24.1 Å². The zero-order chi connectivity index (χ0) is 21.0. The lowest BCUT2D eigenvalue weighted by Gasteiger charge is -2.22. The Labute approximate surface area is 174 Å². The molecule has 3 rings (SSSR count). The molecular formula is C21H23ClN4O3. The third-order valence-corrected chi connectivity index (χ3v) is 4.83. The summed E-state index contributed by atoms with van der Waals surface area (Å²) in [6.45, 7) is 5.00. The van der Waals surface area contributed by atoms with Crippen molar-refractivity contribution in [2.24, 2.45) is 0 Å². The van der Waals surface area contributed by atoms with Crippen molar-refractivity contribution in [2.45, 2.75) is 13.8 Å². The minimum atomic E-state index is -0.348. The molecule has 0 N–H and O–H groups in total. The molecule has 0 atom stereocenters. The molecule has 29 heavy (non-hydrogen) atoms. The third kappa shape index (κ3) is 4.51. The number of nitrogens with zero attached hydrogens (tertiary/aromatic N) is 4. The Morgan fingerprint density at radius 1 is 1.14 bits per heavy atom. The van der Waals surface area contributed by atoms with E-state index >= 15 is 0 Å². The lowest BCUT2D eigenvalue weighted by Crippen LogP contribution is -2.41. The molecule has 0 radical (unpaired) electrons. The summed E-state index contributed by atoms with van der Waals surface area (Å²) >= 11 is 6.12. The van der Waals surface area contributed by atoms with Crippen molar-refractivity contribution >= 4 is 23.4 Å². The second kappa shape index (κ2) is 8.96. The molecule has 3 aromatic rings. The summed E-state index contributed by atoms with van der Waals surface area (Å²) in [5, 5.41) is 5.03. The minimum absolute atomic E-state index is 0.0133. The van der Waals surface area contributed by atoms with Crippen molar-refractivity contribution < 1.29 is 14.0 Å². The molecule has 0 aliphatic carbocycles. The van der Waals surface area contributed by atoms with Crippen molar-refractivity contribution in [1.82, 2.24) is 19.6 Å². The molecule has 0 aliphatic rings. The van der Waals surface area contributed by atoms with E-state index in [1.54, 1.807) is 53.2 Å². The number of aromatic nitrogens is 2. The predicted molar refractivity (Wildman–Crippen MR) is 111 cm³/mol. The largest absolute Gasteiger partial charge is 0.463 e. The summed E-state index contributed by atoms with van der Waals surface area (Å²) in [6, 6.07) is 12.4. The van der Waals surface area contributed by atoms with Crippen LogP contribution in [0, 0.1) is 0 Å². The first-order valence-electron chi connectivity index (χ1n) is 9.37. The van der Waals surface area contributed by atoms with Gasteiger partial charge in [0.1, 0.15) is 5.69 Å². The van der Waals surface area contributed by atoms with Crippen LogP contribution in [0.25, 0.3) is 17.1 Å². The molecule has 1 aromatic carbocycles. The van der Waals surface area contributed by atoms with E-state index in [4.69, 9.17) is 16.0 Å². The molecule has 152 valence electrons. The van der Waals surface area contributed by atoms with Crippen LogP contribution in [0.1, 0.15) is 24.3 Å². The predicted octanol–water partition coefficient (Wildman–Crippen LogP) is 3.73. The monoisotopic (exact) mass is 414 g/mol. The van der Waals surface area contributed by atoms with Gasteiger partial charge in [-0.05, 0) is 44.2 Å². The van der Waals surface area contributed by atoms with Gasteiger partial charge in [0.2, 0.25) is 5.91 Å². The van der Waals surface area contributed by atoms with E-state index < -0.39 is 0 Å². The molecule has 0 saturated heterocycles. The second-order valence-electron chi connectivity index (χ2n) is 6.51. The van der Waals surface area contributed by atoms with E-state index in [1.165, 1.54) is 4.90 Å². The molecule has 2 amide bonds. The molecule has 0 bridgehead atoms. The average molecular weight is 415 g/mol. The van der Waals surface area contributed by atoms with Crippen LogP contribution < -0.4 is 0 Å². The Hall–Kier alpha value is -3.06. The number of carbonyl (C=O) groups excluding carboxylic acids is 2. The summed E-state index contributed by atoms with van der Waals surface area (Å²) in [5.74, 6) is 0.115. The van der Waals surface area contributed by atoms with Crippen LogP contribution in [0.4, 0.5) is 0 Å². The maximum atomic E-state index is 12.9. The first kappa shape index (κ1) is 20.7. The van der Waals surface area contributed by atoms with Gasteiger partial charge in [-0.3, -0.25) is 9.59 Å². The summed E-state index contributed by atoms with van der Waals surface area (Å²) in [5.41, 5.74) is 1.53. The van der Waals surface area contributed by atoms with E-state index in [1.807, 2.05) is 26.0 Å². The second-order valence-corrected chi connectivity index (χ2v) is 6.95. The molecule has 0 unspecified atom stereocenters. The average Bonchev–Trinajstić information content (AvgIpc) is 3.38. The summed E-state index contributed by atoms with van der Waals surface area (Å²) < 4.78 is 7.12. The molecule has 8 heteroatoms. The number of rotatable bonds is 7. The van der Waals surface area contributed by atoms with Crippen molar-refractivity contribution in [3.63, 3.8) is 0 Å². The lowest BCUT2D eigenvalue weighted by molar-refractivity contribution is -0.131. The van der Waals surface area contributed by atoms with Crippen LogP contribution >= 0.6 is 11.6 Å². The van der Waals surface area contributed by atoms with Gasteiger partial charge < -0.3 is 14.2 Å². The van der Waals surface area contributed by atoms with Gasteiger partial charge in [-0.1, -0.05) is 17.7 Å². The zero-order valence-corrected chi connectivity index (χ0v) is 17.4. The number of halogens is 1. The zero-order valence-electron chi connectivity index (χ0n) is 16.6. The lowest BCUT2D eigenvalue weighted by atomic mass is 10.2. The van der Waals surface area contributed by atoms with Gasteiger partial charge in [-0.15, -0.1) is 0 Å². The molecule has 0 spiro atoms. The maximum absolute atomic E-state index is 12.9. The summed E-state index contributed by atoms with van der Waals surface area (Å²) in [7, 11) is 1.59. The summed E-state index contributed by atoms with van der Waals surface area (Å²) in [4.78, 5) is 28.3. The first-order valence-corrected chi connectivity index (χ1v) is 9.75. The van der Waals surface area contributed by atoms with Crippen LogP contribution in [-0.2, 0) is 4.79 Å². The normalized spacial score (nSPS) is 10.8. The third-order valence-electron chi connectivity index (χ3n) is 4.59. The number of carbonyl (C=O) groups is 2. The maximum Gasteiger partial charge on any atom is 0.274 e. The van der Waals surface area contributed by atoms with Crippen LogP contribution in [0.15, 0.2) is 53.1 Å². The fraction of sp³-hybridized carbons (Fsp3) is 0.286. The highest BCUT2D eigenvalue weighted by Crippen LogP contribution is 2.26. The van der Waals surface area contributed by atoms with E-state index in [2.05, 4.69) is 5.10 Å². The van der Waals surface area contributed by atoms with Crippen LogP contribution in [0.2, 0.25) is 5.02 Å². The van der Waals surface area contributed by atoms with Gasteiger partial charge in [-0.2, -0.15) is 5.10 Å². The molecule has 2 heterocycles. The van der Waals surface area contributed by atoms with Crippen molar-refractivity contribution in [3.05, 3.63) is 59.4 Å². The van der Waals surface area contributed by atoms with Crippen molar-refractivity contribution in [1.29, 1.82) is 0 Å². The number of furan rings is 1. The highest BCUT2D eigenvalue weighted by molar-refractivity contribution is 6.30. The number of benzene rings is 1. The van der Waals surface area contributed by atoms with Gasteiger partial charge >= 0.3 is 0 Å². The van der Waals surface area contributed by atoms with Crippen molar-refractivity contribution in [2.75, 3.05) is 26.7 Å². The van der Waals surface area contributed by atoms with Crippen molar-refractivity contribution in [3.8, 4) is 17.1 Å². The van der Waals surface area contributed by atoms with Gasteiger partial charge in [0, 0.05) is 31.2 Å². The quantitative estimate of drug-likeness (QED) is 0.590. The SMILES string of the molecule is CCN(CC)C(=O)CN(C)C(=O)c1cc(-c2ccco2)n(-c2cccc(Cl)c2)n1. The molecule has 2 aromatic heterocycles. The number of likely N-dealkylation sites (N-methyl/N-ethyl adjacent to an activating group) is 2. The first-order chi connectivity index (χ1) is 13.9. The number of hydrogen-bond donors (Lipinski definition) is 0. The highest BCUT2D eigenvalue weighted by Gasteiger charge is 2.23. The Bertz CT molecular complexity index is 993. The highest BCUT2D eigenvalue weighted by atomic mass is 35.5. The Kier molecular flexibility index (Phi) is 6.39. The van der Waals surface area contributed by atoms with E-state index in [0.717, 1.165) is 0 Å². The van der Waals surface area contributed by atoms with Gasteiger partial charge in [0.15, 0.2) is 11.5 Å². The Balaban J connectivity index is 1.93. The topological polar surface area (TPSA) is 71.6 Å². The fourth-order valence-corrected chi connectivity index (χ4v) is 3.22. The smallest absolute Gasteiger partial charge is 0.274 e. The Morgan fingerprint density at radius 2 is 1.90 bits per heavy atom. The molecule has 7 nitrogen and oxygen atoms in total. The summed E-state index contributed by atoms with van der Waals surface area (Å²) in [6.07, 6.45) is 1.56. The molecule has 0 aliphatic heterocycles. The standard InChI is InChI=1S/C21H23ClN4O3/c1-4-25(5-2)20(27)14-24(3)21(28)17-13-18(19-10-7-11-29-19)26(23-17)16-9-6-8-15(22)12-16/h6-13H,4-5,14H2,1-3H3.